The van der Waals surface area contributed by atoms with Crippen molar-refractivity contribution in [2.75, 3.05) is 25.1 Å². The van der Waals surface area contributed by atoms with Crippen molar-refractivity contribution in [2.45, 2.75) is 6.04 Å². The molecule has 9 heteroatoms. The quantitative estimate of drug-likeness (QED) is 0.633. The Morgan fingerprint density at radius 3 is 2.85 bits per heavy atom. The topological polar surface area (TPSA) is 93.5 Å². The number of nitrogens with one attached hydrogen (secondary N) is 2. The molecule has 1 heterocycles. The molecular formula is C11H11F2N3O4. The van der Waals surface area contributed by atoms with Crippen LogP contribution in [0.3, 0.4) is 0 Å². The number of anilines is 1. The number of carbonyl (C=O) groups excluding carboxylic acids is 1. The van der Waals surface area contributed by atoms with Crippen molar-refractivity contribution in [1.29, 1.82) is 0 Å². The second-order valence-corrected chi connectivity index (χ2v) is 4.11. The molecule has 0 radical (unpaired) electrons. The lowest BCUT2D eigenvalue weighted by atomic mass is 10.2. The Morgan fingerprint density at radius 1 is 1.50 bits per heavy atom. The summed E-state index contributed by atoms with van der Waals surface area (Å²) >= 11 is 0. The largest absolute Gasteiger partial charge is 0.378 e. The Morgan fingerprint density at radius 2 is 2.25 bits per heavy atom. The van der Waals surface area contributed by atoms with E-state index >= 15 is 0 Å². The summed E-state index contributed by atoms with van der Waals surface area (Å²) in [5.74, 6) is -2.98. The maximum Gasteiger partial charge on any atom is 0.298 e. The maximum atomic E-state index is 13.6. The van der Waals surface area contributed by atoms with E-state index < -0.39 is 39.9 Å². The van der Waals surface area contributed by atoms with Crippen LogP contribution in [0.2, 0.25) is 0 Å². The number of nitro benzene ring substituents is 1. The zero-order valence-electron chi connectivity index (χ0n) is 10.2. The van der Waals surface area contributed by atoms with Gasteiger partial charge in [-0.05, 0) is 0 Å². The standard InChI is InChI=1S/C11H11F2N3O4/c12-6-3-7(13)10(9(4-6)16(18)19)15-11(17)8-5-20-2-1-14-8/h3-4,8,14H,1-2,5H2,(H,15,17). The van der Waals surface area contributed by atoms with Gasteiger partial charge in [0.1, 0.15) is 11.9 Å². The van der Waals surface area contributed by atoms with Crippen molar-refractivity contribution in [1.82, 2.24) is 5.32 Å². The van der Waals surface area contributed by atoms with E-state index in [1.165, 1.54) is 0 Å². The number of hydrogen-bond donors (Lipinski definition) is 2. The van der Waals surface area contributed by atoms with Gasteiger partial charge in [-0.3, -0.25) is 14.9 Å². The second-order valence-electron chi connectivity index (χ2n) is 4.11. The molecule has 1 unspecified atom stereocenters. The van der Waals surface area contributed by atoms with Gasteiger partial charge >= 0.3 is 0 Å². The molecule has 1 fully saturated rings. The third-order valence-electron chi connectivity index (χ3n) is 2.72. The van der Waals surface area contributed by atoms with Gasteiger partial charge in [0.2, 0.25) is 5.91 Å². The second kappa shape index (κ2) is 5.88. The maximum absolute atomic E-state index is 13.6. The first-order valence-electron chi connectivity index (χ1n) is 5.74. The molecule has 2 N–H and O–H groups in total. The van der Waals surface area contributed by atoms with Crippen LogP contribution in [0, 0.1) is 21.7 Å². The summed E-state index contributed by atoms with van der Waals surface area (Å²) in [5, 5.41) is 15.7. The zero-order valence-corrected chi connectivity index (χ0v) is 10.2. The minimum Gasteiger partial charge on any atom is -0.378 e. The number of amides is 1. The molecule has 1 aromatic carbocycles. The van der Waals surface area contributed by atoms with E-state index in [1.807, 2.05) is 0 Å². The molecule has 0 aliphatic carbocycles. The molecule has 0 spiro atoms. The number of carbonyl (C=O) groups is 1. The molecular weight excluding hydrogens is 276 g/mol. The van der Waals surface area contributed by atoms with Gasteiger partial charge in [-0.15, -0.1) is 0 Å². The van der Waals surface area contributed by atoms with Crippen LogP contribution in [0.15, 0.2) is 12.1 Å². The van der Waals surface area contributed by atoms with Crippen LogP contribution in [0.1, 0.15) is 0 Å². The molecule has 1 amide bonds. The zero-order chi connectivity index (χ0) is 14.7. The van der Waals surface area contributed by atoms with Gasteiger partial charge in [0.25, 0.3) is 5.69 Å². The number of nitro groups is 1. The lowest BCUT2D eigenvalue weighted by Crippen LogP contribution is -2.49. The van der Waals surface area contributed by atoms with Crippen LogP contribution in [0.4, 0.5) is 20.2 Å². The predicted molar refractivity (Wildman–Crippen MR) is 64.3 cm³/mol. The van der Waals surface area contributed by atoms with Crippen LogP contribution in [-0.2, 0) is 9.53 Å². The molecule has 1 aliphatic heterocycles. The predicted octanol–water partition coefficient (Wildman–Crippen LogP) is 0.800. The van der Waals surface area contributed by atoms with E-state index in [1.54, 1.807) is 0 Å². The van der Waals surface area contributed by atoms with E-state index in [2.05, 4.69) is 10.6 Å². The summed E-state index contributed by atoms with van der Waals surface area (Å²) < 4.78 is 31.6. The number of rotatable bonds is 3. The molecule has 2 rings (SSSR count). The van der Waals surface area contributed by atoms with Crippen molar-refractivity contribution in [3.63, 3.8) is 0 Å². The van der Waals surface area contributed by atoms with Crippen molar-refractivity contribution in [2.24, 2.45) is 0 Å². The molecule has 7 nitrogen and oxygen atoms in total. The third kappa shape index (κ3) is 3.06. The van der Waals surface area contributed by atoms with Gasteiger partial charge in [0, 0.05) is 12.6 Å². The van der Waals surface area contributed by atoms with Crippen molar-refractivity contribution in [3.05, 3.63) is 33.9 Å². The van der Waals surface area contributed by atoms with E-state index in [9.17, 15) is 23.7 Å². The minimum atomic E-state index is -1.21. The van der Waals surface area contributed by atoms with Crippen molar-refractivity contribution >= 4 is 17.3 Å². The SMILES string of the molecule is O=C(Nc1c(F)cc(F)cc1[N+](=O)[O-])C1COCCN1. The molecule has 1 atom stereocenters. The molecule has 1 aromatic rings. The molecule has 20 heavy (non-hydrogen) atoms. The number of halogens is 2. The number of ether oxygens (including phenoxy) is 1. The Labute approximate surface area is 112 Å². The molecule has 0 aromatic heterocycles. The highest BCUT2D eigenvalue weighted by molar-refractivity contribution is 5.97. The number of hydrogen-bond acceptors (Lipinski definition) is 5. The van der Waals surface area contributed by atoms with Crippen LogP contribution in [-0.4, -0.2) is 36.6 Å². The van der Waals surface area contributed by atoms with Gasteiger partial charge in [-0.25, -0.2) is 8.78 Å². The summed E-state index contributed by atoms with van der Waals surface area (Å²) in [6.45, 7) is 0.948. The number of benzene rings is 1. The Balaban J connectivity index is 2.23. The van der Waals surface area contributed by atoms with Crippen molar-refractivity contribution in [3.8, 4) is 0 Å². The van der Waals surface area contributed by atoms with E-state index in [-0.39, 0.29) is 6.61 Å². The third-order valence-corrected chi connectivity index (χ3v) is 2.72. The Bertz CT molecular complexity index is 547. The average Bonchev–Trinajstić information content (AvgIpc) is 2.42. The van der Waals surface area contributed by atoms with Crippen LogP contribution in [0.5, 0.6) is 0 Å². The molecule has 1 saturated heterocycles. The summed E-state index contributed by atoms with van der Waals surface area (Å²) in [4.78, 5) is 21.6. The van der Waals surface area contributed by atoms with E-state index in [0.717, 1.165) is 0 Å². The molecule has 108 valence electrons. The van der Waals surface area contributed by atoms with E-state index in [0.29, 0.717) is 25.3 Å². The first-order valence-corrected chi connectivity index (χ1v) is 5.74. The summed E-state index contributed by atoms with van der Waals surface area (Å²) in [7, 11) is 0. The fourth-order valence-electron chi connectivity index (χ4n) is 1.77. The monoisotopic (exact) mass is 287 g/mol. The summed E-state index contributed by atoms with van der Waals surface area (Å²) in [5.41, 5.74) is -1.50. The highest BCUT2D eigenvalue weighted by atomic mass is 19.1. The Hall–Kier alpha value is -2.13. The van der Waals surface area contributed by atoms with E-state index in [4.69, 9.17) is 4.74 Å². The normalized spacial score (nSPS) is 18.6. The lowest BCUT2D eigenvalue weighted by Gasteiger charge is -2.22. The molecule has 0 bridgehead atoms. The number of nitrogens with zero attached hydrogens (tertiary/aromatic N) is 1. The lowest BCUT2D eigenvalue weighted by molar-refractivity contribution is -0.384. The van der Waals surface area contributed by atoms with Gasteiger partial charge in [-0.2, -0.15) is 0 Å². The number of morpholine rings is 1. The van der Waals surface area contributed by atoms with Crippen LogP contribution in [0.25, 0.3) is 0 Å². The molecule has 0 saturated carbocycles. The fourth-order valence-corrected chi connectivity index (χ4v) is 1.77. The molecule has 1 aliphatic rings. The van der Waals surface area contributed by atoms with Crippen LogP contribution < -0.4 is 10.6 Å². The Kier molecular flexibility index (Phi) is 4.20. The van der Waals surface area contributed by atoms with Gasteiger partial charge in [0.05, 0.1) is 24.2 Å². The van der Waals surface area contributed by atoms with Gasteiger partial charge < -0.3 is 15.4 Å². The smallest absolute Gasteiger partial charge is 0.298 e. The summed E-state index contributed by atoms with van der Waals surface area (Å²) in [6.07, 6.45) is 0. The van der Waals surface area contributed by atoms with Gasteiger partial charge in [-0.1, -0.05) is 0 Å². The first kappa shape index (κ1) is 14.3. The highest BCUT2D eigenvalue weighted by Gasteiger charge is 2.27. The summed E-state index contributed by atoms with van der Waals surface area (Å²) in [6, 6.07) is 0.268. The van der Waals surface area contributed by atoms with Crippen molar-refractivity contribution < 1.29 is 23.2 Å². The minimum absolute atomic E-state index is 0.0719. The first-order chi connectivity index (χ1) is 9.49. The fraction of sp³-hybridized carbons (Fsp3) is 0.364. The average molecular weight is 287 g/mol. The van der Waals surface area contributed by atoms with Crippen LogP contribution >= 0.6 is 0 Å². The highest BCUT2D eigenvalue weighted by Crippen LogP contribution is 2.28. The van der Waals surface area contributed by atoms with Gasteiger partial charge in [0.15, 0.2) is 11.5 Å².